The molecule has 0 aliphatic rings. The average molecular weight is 511 g/mol. The highest BCUT2D eigenvalue weighted by atomic mass is 32.1. The van der Waals surface area contributed by atoms with Gasteiger partial charge in [-0.25, -0.2) is 4.98 Å². The van der Waals surface area contributed by atoms with Crippen LogP contribution in [0, 0.1) is 0 Å². The van der Waals surface area contributed by atoms with E-state index in [4.69, 9.17) is 0 Å². The molecule has 1 atom stereocenters. The van der Waals surface area contributed by atoms with E-state index in [1.54, 1.807) is 24.4 Å². The van der Waals surface area contributed by atoms with Crippen molar-refractivity contribution in [3.63, 3.8) is 0 Å². The van der Waals surface area contributed by atoms with Crippen molar-refractivity contribution in [2.75, 3.05) is 5.32 Å². The summed E-state index contributed by atoms with van der Waals surface area (Å²) in [7, 11) is 0. The first-order valence-corrected chi connectivity index (χ1v) is 10.8. The average Bonchev–Trinajstić information content (AvgIpc) is 3.48. The summed E-state index contributed by atoms with van der Waals surface area (Å²) in [5.41, 5.74) is -2.42. The van der Waals surface area contributed by atoms with Crippen LogP contribution in [0.4, 0.5) is 32.0 Å². The molecule has 0 aliphatic heterocycles. The SMILES string of the molecule is C[C@H](c1ccc(C(F)(F)F)cc1C(F)(F)F)n1cc(NC(=O)c2cnc(-c3ccccn3)s2)cn1. The number of hydrogen-bond acceptors (Lipinski definition) is 5. The summed E-state index contributed by atoms with van der Waals surface area (Å²) >= 11 is 1.10. The number of rotatable bonds is 5. The van der Waals surface area contributed by atoms with Crippen molar-refractivity contribution in [2.45, 2.75) is 25.3 Å². The van der Waals surface area contributed by atoms with Gasteiger partial charge < -0.3 is 5.32 Å². The third-order valence-electron chi connectivity index (χ3n) is 5.01. The normalized spacial score (nSPS) is 13.0. The monoisotopic (exact) mass is 511 g/mol. The molecule has 3 aromatic heterocycles. The third kappa shape index (κ3) is 5.34. The van der Waals surface area contributed by atoms with Crippen molar-refractivity contribution in [1.82, 2.24) is 19.7 Å². The lowest BCUT2D eigenvalue weighted by molar-refractivity contribution is -0.143. The predicted octanol–water partition coefficient (Wildman–Crippen LogP) is 6.30. The van der Waals surface area contributed by atoms with Gasteiger partial charge in [-0.05, 0) is 36.8 Å². The molecule has 35 heavy (non-hydrogen) atoms. The Kier molecular flexibility index (Phi) is 6.36. The Morgan fingerprint density at radius 3 is 2.46 bits per heavy atom. The van der Waals surface area contributed by atoms with Crippen molar-refractivity contribution in [3.05, 3.63) is 82.8 Å². The second kappa shape index (κ2) is 9.13. The fourth-order valence-electron chi connectivity index (χ4n) is 3.28. The topological polar surface area (TPSA) is 72.7 Å². The van der Waals surface area contributed by atoms with E-state index < -0.39 is 41.0 Å². The molecule has 0 spiro atoms. The smallest absolute Gasteiger partial charge is 0.319 e. The summed E-state index contributed by atoms with van der Waals surface area (Å²) in [6, 6.07) is 5.65. The number of aromatic nitrogens is 4. The predicted molar refractivity (Wildman–Crippen MR) is 116 cm³/mol. The number of anilines is 1. The van der Waals surface area contributed by atoms with Crippen molar-refractivity contribution >= 4 is 22.9 Å². The molecular weight excluding hydrogens is 496 g/mol. The number of carbonyl (C=O) groups is 1. The molecule has 0 fully saturated rings. The molecule has 13 heteroatoms. The molecule has 182 valence electrons. The van der Waals surface area contributed by atoms with Crippen LogP contribution in [0.2, 0.25) is 0 Å². The number of benzene rings is 1. The summed E-state index contributed by atoms with van der Waals surface area (Å²) in [6.07, 6.45) is -4.44. The maximum Gasteiger partial charge on any atom is 0.416 e. The highest BCUT2D eigenvalue weighted by molar-refractivity contribution is 7.17. The third-order valence-corrected chi connectivity index (χ3v) is 6.02. The number of thiazole rings is 1. The summed E-state index contributed by atoms with van der Waals surface area (Å²) in [4.78, 5) is 21.2. The number of nitrogens with one attached hydrogen (secondary N) is 1. The summed E-state index contributed by atoms with van der Waals surface area (Å²) < 4.78 is 80.5. The standard InChI is InChI=1S/C22H15F6N5OS/c1-12(15-6-5-13(21(23,24)25)8-16(15)22(26,27)28)33-11-14(9-31-33)32-19(34)18-10-30-20(35-18)17-4-2-3-7-29-17/h2-12H,1H3,(H,32,34)/t12-/m1/s1. The van der Waals surface area contributed by atoms with Crippen molar-refractivity contribution in [1.29, 1.82) is 0 Å². The molecule has 4 aromatic rings. The fourth-order valence-corrected chi connectivity index (χ4v) is 4.07. The molecule has 0 bridgehead atoms. The van der Waals surface area contributed by atoms with Gasteiger partial charge in [0.15, 0.2) is 0 Å². The molecule has 1 aromatic carbocycles. The molecule has 1 N–H and O–H groups in total. The van der Waals surface area contributed by atoms with Crippen LogP contribution in [-0.2, 0) is 12.4 Å². The van der Waals surface area contributed by atoms with Crippen LogP contribution in [-0.4, -0.2) is 25.7 Å². The number of nitrogens with zero attached hydrogens (tertiary/aromatic N) is 4. The van der Waals surface area contributed by atoms with Gasteiger partial charge in [0, 0.05) is 12.4 Å². The van der Waals surface area contributed by atoms with Crippen LogP contribution in [0.1, 0.15) is 39.3 Å². The van der Waals surface area contributed by atoms with E-state index in [1.165, 1.54) is 25.5 Å². The zero-order valence-corrected chi connectivity index (χ0v) is 18.5. The molecule has 0 saturated heterocycles. The van der Waals surface area contributed by atoms with Crippen molar-refractivity contribution in [3.8, 4) is 10.7 Å². The maximum absolute atomic E-state index is 13.5. The van der Waals surface area contributed by atoms with Crippen LogP contribution < -0.4 is 5.32 Å². The molecule has 0 saturated carbocycles. The molecule has 0 unspecified atom stereocenters. The zero-order valence-electron chi connectivity index (χ0n) is 17.7. The summed E-state index contributed by atoms with van der Waals surface area (Å²) in [5, 5.41) is 7.09. The van der Waals surface area contributed by atoms with E-state index in [-0.39, 0.29) is 16.6 Å². The van der Waals surface area contributed by atoms with Gasteiger partial charge in [-0.1, -0.05) is 12.1 Å². The quantitative estimate of drug-likeness (QED) is 0.319. The molecule has 3 heterocycles. The molecule has 0 radical (unpaired) electrons. The number of carbonyl (C=O) groups excluding carboxylic acids is 1. The number of amides is 1. The molecular formula is C22H15F6N5OS. The number of halogens is 6. The fraction of sp³-hybridized carbons (Fsp3) is 0.182. The minimum Gasteiger partial charge on any atom is -0.319 e. The van der Waals surface area contributed by atoms with Crippen LogP contribution in [0.25, 0.3) is 10.7 Å². The van der Waals surface area contributed by atoms with Gasteiger partial charge in [0.1, 0.15) is 9.88 Å². The lowest BCUT2D eigenvalue weighted by Crippen LogP contribution is -2.17. The van der Waals surface area contributed by atoms with Gasteiger partial charge in [0.2, 0.25) is 0 Å². The summed E-state index contributed by atoms with van der Waals surface area (Å²) in [6.45, 7) is 1.36. The highest BCUT2D eigenvalue weighted by Gasteiger charge is 2.39. The Labute approximate surface area is 198 Å². The number of alkyl halides is 6. The van der Waals surface area contributed by atoms with Crippen molar-refractivity contribution < 1.29 is 31.1 Å². The Hall–Kier alpha value is -3.74. The number of pyridine rings is 1. The van der Waals surface area contributed by atoms with Crippen molar-refractivity contribution in [2.24, 2.45) is 0 Å². The van der Waals surface area contributed by atoms with E-state index >= 15 is 0 Å². The van der Waals surface area contributed by atoms with Gasteiger partial charge in [0.25, 0.3) is 5.91 Å². The largest absolute Gasteiger partial charge is 0.416 e. The minimum absolute atomic E-state index is 0.0843. The Bertz CT molecular complexity index is 1350. The lowest BCUT2D eigenvalue weighted by Gasteiger charge is -2.20. The number of hydrogen-bond donors (Lipinski definition) is 1. The molecule has 6 nitrogen and oxygen atoms in total. The first kappa shape index (κ1) is 24.4. The Morgan fingerprint density at radius 1 is 1.03 bits per heavy atom. The molecule has 1 amide bonds. The van der Waals surface area contributed by atoms with Crippen LogP contribution in [0.15, 0.2) is 61.2 Å². The maximum atomic E-state index is 13.5. The van der Waals surface area contributed by atoms with Crippen LogP contribution in [0.3, 0.4) is 0 Å². The Balaban J connectivity index is 1.54. The van der Waals surface area contributed by atoms with Gasteiger partial charge in [0.05, 0.1) is 40.9 Å². The van der Waals surface area contributed by atoms with Crippen LogP contribution >= 0.6 is 11.3 Å². The van der Waals surface area contributed by atoms with E-state index in [1.807, 2.05) is 0 Å². The van der Waals surface area contributed by atoms with E-state index in [0.29, 0.717) is 16.8 Å². The second-order valence-electron chi connectivity index (χ2n) is 7.38. The lowest BCUT2D eigenvalue weighted by atomic mass is 9.98. The second-order valence-corrected chi connectivity index (χ2v) is 8.41. The zero-order chi connectivity index (χ0) is 25.4. The molecule has 0 aliphatic carbocycles. The Morgan fingerprint density at radius 2 is 1.80 bits per heavy atom. The first-order chi connectivity index (χ1) is 16.4. The first-order valence-electron chi connectivity index (χ1n) is 9.94. The highest BCUT2D eigenvalue weighted by Crippen LogP contribution is 2.39. The van der Waals surface area contributed by atoms with Gasteiger partial charge in [-0.3, -0.25) is 14.5 Å². The van der Waals surface area contributed by atoms with Gasteiger partial charge in [-0.2, -0.15) is 31.4 Å². The molecule has 4 rings (SSSR count). The van der Waals surface area contributed by atoms with E-state index in [2.05, 4.69) is 20.4 Å². The summed E-state index contributed by atoms with van der Waals surface area (Å²) in [5.74, 6) is -0.512. The van der Waals surface area contributed by atoms with E-state index in [9.17, 15) is 31.1 Å². The minimum atomic E-state index is -5.01. The van der Waals surface area contributed by atoms with Gasteiger partial charge in [-0.15, -0.1) is 11.3 Å². The van der Waals surface area contributed by atoms with Gasteiger partial charge >= 0.3 is 12.4 Å². The van der Waals surface area contributed by atoms with Crippen LogP contribution in [0.5, 0.6) is 0 Å². The van der Waals surface area contributed by atoms with E-state index in [0.717, 1.165) is 22.1 Å².